The number of pyridine rings is 2. The van der Waals surface area contributed by atoms with Crippen molar-refractivity contribution >= 4 is 10.9 Å². The molecule has 1 aromatic carbocycles. The number of likely N-dealkylation sites (tertiary alicyclic amines) is 1. The Morgan fingerprint density at radius 1 is 1.23 bits per heavy atom. The summed E-state index contributed by atoms with van der Waals surface area (Å²) in [5.41, 5.74) is 3.74. The van der Waals surface area contributed by atoms with Gasteiger partial charge in [0, 0.05) is 61.0 Å². The summed E-state index contributed by atoms with van der Waals surface area (Å²) in [5, 5.41) is 10.8. The quantitative estimate of drug-likeness (QED) is 0.759. The molecule has 0 unspecified atom stereocenters. The van der Waals surface area contributed by atoms with Gasteiger partial charge >= 0.3 is 0 Å². The fourth-order valence-corrected chi connectivity index (χ4v) is 3.92. The van der Waals surface area contributed by atoms with E-state index in [1.165, 1.54) is 0 Å². The van der Waals surface area contributed by atoms with E-state index in [1.807, 2.05) is 43.3 Å². The standard InChI is InChI=1S/C21H23N3O2/c1-14-5-6-15-9-16(21(26)23-20(15)8-14)10-24-11-17(13-25)18(12-24)19-4-2-3-7-22-19/h2-9,17-18,25H,10-13H2,1H3,(H,23,26)/t17-,18+/m0/s1. The molecule has 5 heteroatoms. The Hall–Kier alpha value is -2.50. The number of aliphatic hydroxyl groups is 1. The van der Waals surface area contributed by atoms with E-state index in [9.17, 15) is 9.90 Å². The van der Waals surface area contributed by atoms with Crippen molar-refractivity contribution in [1.29, 1.82) is 0 Å². The van der Waals surface area contributed by atoms with E-state index in [1.54, 1.807) is 6.20 Å². The largest absolute Gasteiger partial charge is 0.396 e. The molecule has 5 nitrogen and oxygen atoms in total. The number of benzene rings is 1. The second-order valence-corrected chi connectivity index (χ2v) is 7.21. The number of nitrogens with one attached hydrogen (secondary N) is 1. The number of aliphatic hydroxyl groups excluding tert-OH is 1. The molecule has 1 fully saturated rings. The number of hydrogen-bond donors (Lipinski definition) is 2. The predicted molar refractivity (Wildman–Crippen MR) is 102 cm³/mol. The SMILES string of the molecule is Cc1ccc2cc(CN3C[C@@H](CO)[C@H](c4ccccn4)C3)c(=O)[nH]c2c1. The van der Waals surface area contributed by atoms with Crippen molar-refractivity contribution in [1.82, 2.24) is 14.9 Å². The van der Waals surface area contributed by atoms with Crippen molar-refractivity contribution in [2.75, 3.05) is 19.7 Å². The Kier molecular flexibility index (Phi) is 4.57. The van der Waals surface area contributed by atoms with Crippen LogP contribution in [0.5, 0.6) is 0 Å². The molecule has 2 aromatic heterocycles. The Balaban J connectivity index is 1.58. The zero-order valence-electron chi connectivity index (χ0n) is 14.9. The average molecular weight is 349 g/mol. The topological polar surface area (TPSA) is 69.2 Å². The third-order valence-corrected chi connectivity index (χ3v) is 5.29. The second kappa shape index (κ2) is 7.02. The van der Waals surface area contributed by atoms with E-state index in [2.05, 4.69) is 20.9 Å². The molecule has 0 aliphatic carbocycles. The second-order valence-electron chi connectivity index (χ2n) is 7.21. The predicted octanol–water partition coefficient (Wildman–Crippen LogP) is 2.44. The lowest BCUT2D eigenvalue weighted by Crippen LogP contribution is -2.25. The van der Waals surface area contributed by atoms with Gasteiger partial charge in [0.2, 0.25) is 0 Å². The molecule has 2 atom stereocenters. The Morgan fingerprint density at radius 3 is 2.88 bits per heavy atom. The van der Waals surface area contributed by atoms with Crippen LogP contribution in [0.25, 0.3) is 10.9 Å². The summed E-state index contributed by atoms with van der Waals surface area (Å²) in [7, 11) is 0. The van der Waals surface area contributed by atoms with E-state index in [0.717, 1.165) is 40.8 Å². The highest BCUT2D eigenvalue weighted by atomic mass is 16.3. The maximum Gasteiger partial charge on any atom is 0.252 e. The molecular weight excluding hydrogens is 326 g/mol. The Labute approximate surface area is 152 Å². The van der Waals surface area contributed by atoms with Crippen LogP contribution in [-0.4, -0.2) is 39.7 Å². The van der Waals surface area contributed by atoms with Crippen LogP contribution in [0.2, 0.25) is 0 Å². The first-order valence-corrected chi connectivity index (χ1v) is 9.01. The molecule has 3 aromatic rings. The van der Waals surface area contributed by atoms with Crippen molar-refractivity contribution in [2.24, 2.45) is 5.92 Å². The first kappa shape index (κ1) is 16.9. The van der Waals surface area contributed by atoms with Gasteiger partial charge in [-0.3, -0.25) is 14.7 Å². The zero-order chi connectivity index (χ0) is 18.1. The van der Waals surface area contributed by atoms with Crippen LogP contribution in [0.1, 0.15) is 22.7 Å². The average Bonchev–Trinajstić information content (AvgIpc) is 3.06. The molecular formula is C21H23N3O2. The van der Waals surface area contributed by atoms with Crippen LogP contribution >= 0.6 is 0 Å². The normalized spacial score (nSPS) is 20.7. The maximum atomic E-state index is 12.5. The van der Waals surface area contributed by atoms with Crippen LogP contribution < -0.4 is 5.56 Å². The minimum atomic E-state index is -0.0371. The van der Waals surface area contributed by atoms with E-state index >= 15 is 0 Å². The van der Waals surface area contributed by atoms with Gasteiger partial charge in [0.25, 0.3) is 5.56 Å². The number of H-pyrrole nitrogens is 1. The molecule has 1 aliphatic heterocycles. The van der Waals surface area contributed by atoms with Crippen LogP contribution in [0, 0.1) is 12.8 Å². The summed E-state index contributed by atoms with van der Waals surface area (Å²) >= 11 is 0. The fourth-order valence-electron chi connectivity index (χ4n) is 3.92. The third-order valence-electron chi connectivity index (χ3n) is 5.29. The molecule has 3 heterocycles. The number of aromatic amines is 1. The summed E-state index contributed by atoms with van der Waals surface area (Å²) < 4.78 is 0. The van der Waals surface area contributed by atoms with Gasteiger partial charge in [-0.1, -0.05) is 18.2 Å². The smallest absolute Gasteiger partial charge is 0.252 e. The van der Waals surface area contributed by atoms with Gasteiger partial charge in [0.1, 0.15) is 0 Å². The van der Waals surface area contributed by atoms with Crippen LogP contribution in [0.15, 0.2) is 53.5 Å². The molecule has 2 N–H and O–H groups in total. The van der Waals surface area contributed by atoms with E-state index in [0.29, 0.717) is 6.54 Å². The van der Waals surface area contributed by atoms with Crippen LogP contribution in [0.3, 0.4) is 0 Å². The van der Waals surface area contributed by atoms with Gasteiger partial charge in [-0.25, -0.2) is 0 Å². The minimum Gasteiger partial charge on any atom is -0.396 e. The van der Waals surface area contributed by atoms with Crippen LogP contribution in [0.4, 0.5) is 0 Å². The highest BCUT2D eigenvalue weighted by Gasteiger charge is 2.34. The van der Waals surface area contributed by atoms with Crippen molar-refractivity contribution in [3.05, 3.63) is 75.8 Å². The Morgan fingerprint density at radius 2 is 2.12 bits per heavy atom. The molecule has 134 valence electrons. The number of nitrogens with zero attached hydrogens (tertiary/aromatic N) is 2. The highest BCUT2D eigenvalue weighted by Crippen LogP contribution is 2.32. The first-order chi connectivity index (χ1) is 12.6. The van der Waals surface area contributed by atoms with E-state index in [4.69, 9.17) is 0 Å². The van der Waals surface area contributed by atoms with E-state index in [-0.39, 0.29) is 24.0 Å². The molecule has 0 spiro atoms. The Bertz CT molecular complexity index is 968. The van der Waals surface area contributed by atoms with Gasteiger partial charge in [-0.15, -0.1) is 0 Å². The monoisotopic (exact) mass is 349 g/mol. The van der Waals surface area contributed by atoms with Crippen LogP contribution in [-0.2, 0) is 6.54 Å². The van der Waals surface area contributed by atoms with Gasteiger partial charge in [-0.05, 0) is 42.1 Å². The highest BCUT2D eigenvalue weighted by molar-refractivity contribution is 5.79. The molecule has 26 heavy (non-hydrogen) atoms. The number of fused-ring (bicyclic) bond motifs is 1. The number of aryl methyl sites for hydroxylation is 1. The fraction of sp³-hybridized carbons (Fsp3) is 0.333. The third kappa shape index (κ3) is 3.28. The van der Waals surface area contributed by atoms with Gasteiger partial charge < -0.3 is 10.1 Å². The summed E-state index contributed by atoms with van der Waals surface area (Å²) in [4.78, 5) is 22.2. The van der Waals surface area contributed by atoms with Crippen molar-refractivity contribution in [2.45, 2.75) is 19.4 Å². The van der Waals surface area contributed by atoms with Crippen molar-refractivity contribution < 1.29 is 5.11 Å². The maximum absolute atomic E-state index is 12.5. The zero-order valence-corrected chi connectivity index (χ0v) is 14.9. The molecule has 0 bridgehead atoms. The summed E-state index contributed by atoms with van der Waals surface area (Å²) in [6.07, 6.45) is 1.79. The number of rotatable bonds is 4. The van der Waals surface area contributed by atoms with Crippen molar-refractivity contribution in [3.8, 4) is 0 Å². The molecule has 4 rings (SSSR count). The lowest BCUT2D eigenvalue weighted by Gasteiger charge is -2.16. The van der Waals surface area contributed by atoms with Gasteiger partial charge in [-0.2, -0.15) is 0 Å². The number of aromatic nitrogens is 2. The summed E-state index contributed by atoms with van der Waals surface area (Å²) in [5.74, 6) is 0.343. The summed E-state index contributed by atoms with van der Waals surface area (Å²) in [6.45, 7) is 4.30. The molecule has 0 radical (unpaired) electrons. The number of hydrogen-bond acceptors (Lipinski definition) is 4. The lowest BCUT2D eigenvalue weighted by atomic mass is 9.93. The first-order valence-electron chi connectivity index (χ1n) is 9.01. The van der Waals surface area contributed by atoms with Gasteiger partial charge in [0.05, 0.1) is 0 Å². The molecule has 1 saturated heterocycles. The summed E-state index contributed by atoms with van der Waals surface area (Å²) in [6, 6.07) is 14.0. The molecule has 1 aliphatic rings. The van der Waals surface area contributed by atoms with Crippen molar-refractivity contribution in [3.63, 3.8) is 0 Å². The molecule has 0 saturated carbocycles. The molecule has 0 amide bonds. The lowest BCUT2D eigenvalue weighted by molar-refractivity contribution is 0.213. The minimum absolute atomic E-state index is 0.0371. The van der Waals surface area contributed by atoms with Gasteiger partial charge in [0.15, 0.2) is 0 Å². The van der Waals surface area contributed by atoms with E-state index < -0.39 is 0 Å².